The number of carbonyl (C=O) groups is 1. The topological polar surface area (TPSA) is 72.2 Å². The number of amides is 1. The summed E-state index contributed by atoms with van der Waals surface area (Å²) in [6, 6.07) is 8.42. The maximum Gasteiger partial charge on any atom is 0.236 e. The number of nitrogens with one attached hydrogen (secondary N) is 1. The molecule has 3 aromatic heterocycles. The lowest BCUT2D eigenvalue weighted by atomic mass is 10.1. The van der Waals surface area contributed by atoms with Gasteiger partial charge in [0.2, 0.25) is 5.91 Å². The maximum atomic E-state index is 12.1. The lowest BCUT2D eigenvalue weighted by molar-refractivity contribution is -0.113. The van der Waals surface area contributed by atoms with Gasteiger partial charge in [-0.25, -0.2) is 4.98 Å². The normalized spacial score (nSPS) is 11.3. The van der Waals surface area contributed by atoms with E-state index < -0.39 is 0 Å². The van der Waals surface area contributed by atoms with Gasteiger partial charge in [-0.05, 0) is 42.5 Å². The number of anilines is 1. The van der Waals surface area contributed by atoms with E-state index in [1.165, 1.54) is 28.7 Å². The molecule has 0 radical (unpaired) electrons. The van der Waals surface area contributed by atoms with Crippen molar-refractivity contribution in [2.24, 2.45) is 0 Å². The van der Waals surface area contributed by atoms with Crippen molar-refractivity contribution in [2.75, 3.05) is 11.1 Å². The number of hydrogen-bond donors (Lipinski definition) is 1. The average Bonchev–Trinajstić information content (AvgIpc) is 3.23. The number of pyridine rings is 1. The quantitative estimate of drug-likeness (QED) is 0.556. The molecule has 0 saturated heterocycles. The van der Waals surface area contributed by atoms with Crippen molar-refractivity contribution in [3.8, 4) is 0 Å². The molecule has 1 amide bonds. The molecule has 25 heavy (non-hydrogen) atoms. The number of nitrogens with zero attached hydrogens (tertiary/aromatic N) is 4. The molecular formula is C17H15N5OS2. The van der Waals surface area contributed by atoms with Gasteiger partial charge in [0.05, 0.1) is 11.3 Å². The van der Waals surface area contributed by atoms with Gasteiger partial charge in [0.25, 0.3) is 0 Å². The zero-order chi connectivity index (χ0) is 17.4. The Hall–Kier alpha value is -2.45. The van der Waals surface area contributed by atoms with E-state index in [9.17, 15) is 4.79 Å². The van der Waals surface area contributed by atoms with Gasteiger partial charge in [-0.15, -0.1) is 21.5 Å². The van der Waals surface area contributed by atoms with E-state index in [0.717, 1.165) is 22.1 Å². The van der Waals surface area contributed by atoms with Crippen LogP contribution in [0.3, 0.4) is 0 Å². The van der Waals surface area contributed by atoms with Gasteiger partial charge < -0.3 is 5.32 Å². The second-order valence-corrected chi connectivity index (χ2v) is 7.54. The van der Waals surface area contributed by atoms with Crippen molar-refractivity contribution in [3.63, 3.8) is 0 Å². The Morgan fingerprint density at radius 1 is 1.28 bits per heavy atom. The highest BCUT2D eigenvalue weighted by atomic mass is 32.2. The first-order valence-corrected chi connectivity index (χ1v) is 9.55. The summed E-state index contributed by atoms with van der Waals surface area (Å²) in [7, 11) is 0. The SMILES string of the molecule is Cc1ccc2cc(C)c3nnc(SCC(=O)Nc4nccs4)n3c2c1. The van der Waals surface area contributed by atoms with E-state index in [1.54, 1.807) is 6.20 Å². The number of carbonyl (C=O) groups excluding carboxylic acids is 1. The number of benzene rings is 1. The first-order valence-electron chi connectivity index (χ1n) is 7.69. The smallest absolute Gasteiger partial charge is 0.236 e. The Kier molecular flexibility index (Phi) is 4.14. The van der Waals surface area contributed by atoms with Crippen LogP contribution in [0.2, 0.25) is 0 Å². The van der Waals surface area contributed by atoms with Gasteiger partial charge in [-0.2, -0.15) is 0 Å². The van der Waals surface area contributed by atoms with E-state index in [4.69, 9.17) is 0 Å². The summed E-state index contributed by atoms with van der Waals surface area (Å²) in [4.78, 5) is 16.2. The molecule has 0 unspecified atom stereocenters. The minimum atomic E-state index is -0.107. The van der Waals surface area contributed by atoms with Crippen molar-refractivity contribution in [1.82, 2.24) is 19.6 Å². The Labute approximate surface area is 152 Å². The van der Waals surface area contributed by atoms with E-state index >= 15 is 0 Å². The van der Waals surface area contributed by atoms with E-state index in [2.05, 4.69) is 51.7 Å². The zero-order valence-corrected chi connectivity index (χ0v) is 15.3. The fraction of sp³-hybridized carbons (Fsp3) is 0.176. The number of thiazole rings is 1. The molecule has 0 spiro atoms. The van der Waals surface area contributed by atoms with Gasteiger partial charge in [0.15, 0.2) is 15.9 Å². The highest BCUT2D eigenvalue weighted by Crippen LogP contribution is 2.26. The largest absolute Gasteiger partial charge is 0.301 e. The minimum Gasteiger partial charge on any atom is -0.301 e. The zero-order valence-electron chi connectivity index (χ0n) is 13.7. The van der Waals surface area contributed by atoms with Crippen LogP contribution in [-0.2, 0) is 4.79 Å². The van der Waals surface area contributed by atoms with Crippen molar-refractivity contribution in [2.45, 2.75) is 19.0 Å². The molecular weight excluding hydrogens is 354 g/mol. The number of fused-ring (bicyclic) bond motifs is 3. The van der Waals surface area contributed by atoms with Gasteiger partial charge in [-0.3, -0.25) is 9.20 Å². The molecule has 6 nitrogen and oxygen atoms in total. The predicted octanol–water partition coefficient (Wildman–Crippen LogP) is 3.69. The Morgan fingerprint density at radius 3 is 2.96 bits per heavy atom. The summed E-state index contributed by atoms with van der Waals surface area (Å²) in [5, 5.41) is 15.6. The molecule has 0 aliphatic rings. The molecule has 0 atom stereocenters. The molecule has 126 valence electrons. The summed E-state index contributed by atoms with van der Waals surface area (Å²) in [6.07, 6.45) is 1.66. The minimum absolute atomic E-state index is 0.107. The van der Waals surface area contributed by atoms with Crippen molar-refractivity contribution in [1.29, 1.82) is 0 Å². The van der Waals surface area contributed by atoms with Crippen molar-refractivity contribution in [3.05, 3.63) is 47.0 Å². The molecule has 0 fully saturated rings. The first kappa shape index (κ1) is 16.0. The molecule has 0 saturated carbocycles. The van der Waals surface area contributed by atoms with Crippen molar-refractivity contribution < 1.29 is 4.79 Å². The molecule has 1 N–H and O–H groups in total. The van der Waals surface area contributed by atoms with Crippen LogP contribution in [0, 0.1) is 13.8 Å². The Bertz CT molecular complexity index is 1070. The average molecular weight is 369 g/mol. The number of aryl methyl sites for hydroxylation is 2. The summed E-state index contributed by atoms with van der Waals surface area (Å²) in [5.41, 5.74) is 4.10. The van der Waals surface area contributed by atoms with Gasteiger partial charge >= 0.3 is 0 Å². The van der Waals surface area contributed by atoms with E-state index in [0.29, 0.717) is 10.3 Å². The lowest BCUT2D eigenvalue weighted by Gasteiger charge is -2.08. The fourth-order valence-corrected chi connectivity index (χ4v) is 3.96. The number of thioether (sulfide) groups is 1. The summed E-state index contributed by atoms with van der Waals surface area (Å²) in [6.45, 7) is 4.08. The van der Waals surface area contributed by atoms with Crippen LogP contribution >= 0.6 is 23.1 Å². The summed E-state index contributed by atoms with van der Waals surface area (Å²) < 4.78 is 2.03. The molecule has 4 rings (SSSR count). The van der Waals surface area contributed by atoms with Crippen LogP contribution in [0.5, 0.6) is 0 Å². The van der Waals surface area contributed by atoms with Crippen molar-refractivity contribution >= 4 is 50.7 Å². The third-order valence-corrected chi connectivity index (χ3v) is 5.41. The third-order valence-electron chi connectivity index (χ3n) is 3.80. The fourth-order valence-electron chi connectivity index (χ4n) is 2.67. The predicted molar refractivity (Wildman–Crippen MR) is 101 cm³/mol. The number of hydrogen-bond acceptors (Lipinski definition) is 6. The van der Waals surface area contributed by atoms with E-state index in [-0.39, 0.29) is 11.7 Å². The monoisotopic (exact) mass is 369 g/mol. The Balaban J connectivity index is 1.66. The lowest BCUT2D eigenvalue weighted by Crippen LogP contribution is -2.14. The molecule has 3 heterocycles. The van der Waals surface area contributed by atoms with Crippen LogP contribution in [0.25, 0.3) is 16.6 Å². The summed E-state index contributed by atoms with van der Waals surface area (Å²) in [5.74, 6) is 0.145. The van der Waals surface area contributed by atoms with Crippen LogP contribution in [0.1, 0.15) is 11.1 Å². The molecule has 1 aromatic carbocycles. The molecule has 0 bridgehead atoms. The summed E-state index contributed by atoms with van der Waals surface area (Å²) >= 11 is 2.77. The highest BCUT2D eigenvalue weighted by Gasteiger charge is 2.14. The van der Waals surface area contributed by atoms with Crippen LogP contribution in [0.15, 0.2) is 41.0 Å². The maximum absolute atomic E-state index is 12.1. The van der Waals surface area contributed by atoms with Crippen LogP contribution < -0.4 is 5.32 Å². The highest BCUT2D eigenvalue weighted by molar-refractivity contribution is 7.99. The molecule has 0 aliphatic carbocycles. The van der Waals surface area contributed by atoms with E-state index in [1.807, 2.05) is 16.7 Å². The van der Waals surface area contributed by atoms with Crippen LogP contribution in [-0.4, -0.2) is 31.2 Å². The molecule has 4 aromatic rings. The second-order valence-electron chi connectivity index (χ2n) is 5.71. The Morgan fingerprint density at radius 2 is 2.16 bits per heavy atom. The standard InChI is InChI=1S/C17H15N5OS2/c1-10-3-4-12-8-11(2)15-20-21-17(22(15)13(12)7-10)25-9-14(23)19-16-18-5-6-24-16/h3-8H,9H2,1-2H3,(H,18,19,23). The van der Waals surface area contributed by atoms with Gasteiger partial charge in [0.1, 0.15) is 0 Å². The molecule has 0 aliphatic heterocycles. The second kappa shape index (κ2) is 6.45. The first-order chi connectivity index (χ1) is 12.1. The van der Waals surface area contributed by atoms with Crippen LogP contribution in [0.4, 0.5) is 5.13 Å². The number of aromatic nitrogens is 4. The van der Waals surface area contributed by atoms with Gasteiger partial charge in [-0.1, -0.05) is 23.9 Å². The third kappa shape index (κ3) is 3.10. The van der Waals surface area contributed by atoms with Gasteiger partial charge in [0, 0.05) is 11.6 Å². The number of rotatable bonds is 4. The molecule has 8 heteroatoms.